The van der Waals surface area contributed by atoms with E-state index in [-0.39, 0.29) is 17.9 Å². The third kappa shape index (κ3) is 5.79. The fourth-order valence-electron chi connectivity index (χ4n) is 3.25. The largest absolute Gasteiger partial charge is 0.465 e. The quantitative estimate of drug-likeness (QED) is 0.700. The summed E-state index contributed by atoms with van der Waals surface area (Å²) in [5, 5.41) is 5.54. The lowest BCUT2D eigenvalue weighted by Gasteiger charge is -2.33. The smallest absolute Gasteiger partial charge is 0.251 e. The molecule has 1 atom stereocenters. The van der Waals surface area contributed by atoms with E-state index in [0.717, 1.165) is 30.2 Å². The number of rotatable bonds is 7. The van der Waals surface area contributed by atoms with Crippen LogP contribution in [0.5, 0.6) is 0 Å². The number of nitrogens with zero attached hydrogens (tertiary/aromatic N) is 1. The molecule has 1 saturated heterocycles. The molecule has 1 fully saturated rings. The van der Waals surface area contributed by atoms with E-state index in [4.69, 9.17) is 9.15 Å². The van der Waals surface area contributed by atoms with Crippen molar-refractivity contribution in [1.82, 2.24) is 15.5 Å². The van der Waals surface area contributed by atoms with E-state index < -0.39 is 0 Å². The zero-order chi connectivity index (χ0) is 20.6. The Kier molecular flexibility index (Phi) is 7.21. The molecule has 2 heterocycles. The summed E-state index contributed by atoms with van der Waals surface area (Å²) in [6.45, 7) is 5.32. The summed E-state index contributed by atoms with van der Waals surface area (Å²) >= 11 is 0. The molecule has 1 aliphatic heterocycles. The number of ether oxygens (including phenoxy) is 1. The minimum absolute atomic E-state index is 0.0308. The number of benzene rings is 1. The van der Waals surface area contributed by atoms with Crippen LogP contribution in [0.15, 0.2) is 46.9 Å². The molecule has 29 heavy (non-hydrogen) atoms. The standard InChI is InChI=1S/C22H27N3O4/c1-16-3-9-20(29-16)19(25-11-13-28-14-12-25)15-24-21(26)10-6-17-4-7-18(8-5-17)22(27)23-2/h3-10,19H,11-15H2,1-2H3,(H,23,27)(H,24,26)/b10-6+. The molecule has 1 aliphatic rings. The highest BCUT2D eigenvalue weighted by Gasteiger charge is 2.25. The number of carbonyl (C=O) groups is 2. The second-order valence-electron chi connectivity index (χ2n) is 6.89. The molecular weight excluding hydrogens is 370 g/mol. The Labute approximate surface area is 170 Å². The molecule has 0 aliphatic carbocycles. The second kappa shape index (κ2) is 10.0. The molecule has 2 aromatic rings. The average molecular weight is 397 g/mol. The van der Waals surface area contributed by atoms with Gasteiger partial charge in [0.25, 0.3) is 5.91 Å². The molecule has 154 valence electrons. The lowest BCUT2D eigenvalue weighted by Crippen LogP contribution is -2.43. The predicted octanol–water partition coefficient (Wildman–Crippen LogP) is 2.15. The average Bonchev–Trinajstić information content (AvgIpc) is 3.19. The zero-order valence-electron chi connectivity index (χ0n) is 16.8. The Morgan fingerprint density at radius 3 is 2.48 bits per heavy atom. The number of aryl methyl sites for hydroxylation is 1. The Hall–Kier alpha value is -2.90. The van der Waals surface area contributed by atoms with Crippen LogP contribution < -0.4 is 10.6 Å². The van der Waals surface area contributed by atoms with Crippen LogP contribution in [0.1, 0.15) is 33.5 Å². The van der Waals surface area contributed by atoms with Gasteiger partial charge in [0.1, 0.15) is 11.5 Å². The van der Waals surface area contributed by atoms with Crippen LogP contribution in [0.3, 0.4) is 0 Å². The van der Waals surface area contributed by atoms with Crippen molar-refractivity contribution in [3.8, 4) is 0 Å². The molecular formula is C22H27N3O4. The molecule has 0 saturated carbocycles. The van der Waals surface area contributed by atoms with Crippen LogP contribution in [0.4, 0.5) is 0 Å². The predicted molar refractivity (Wildman–Crippen MR) is 110 cm³/mol. The first-order valence-corrected chi connectivity index (χ1v) is 9.73. The Morgan fingerprint density at radius 2 is 1.86 bits per heavy atom. The van der Waals surface area contributed by atoms with Crippen LogP contribution in [-0.4, -0.2) is 56.6 Å². The van der Waals surface area contributed by atoms with Crippen LogP contribution in [-0.2, 0) is 9.53 Å². The summed E-state index contributed by atoms with van der Waals surface area (Å²) in [6.07, 6.45) is 3.22. The number of amides is 2. The lowest BCUT2D eigenvalue weighted by atomic mass is 10.1. The molecule has 0 radical (unpaired) electrons. The number of furan rings is 1. The van der Waals surface area contributed by atoms with Gasteiger partial charge in [-0.15, -0.1) is 0 Å². The molecule has 0 bridgehead atoms. The minimum atomic E-state index is -0.179. The first kappa shape index (κ1) is 20.8. The molecule has 2 amide bonds. The van der Waals surface area contributed by atoms with E-state index in [1.165, 1.54) is 6.08 Å². The van der Waals surface area contributed by atoms with E-state index >= 15 is 0 Å². The third-order valence-corrected chi connectivity index (χ3v) is 4.87. The fourth-order valence-corrected chi connectivity index (χ4v) is 3.25. The molecule has 3 rings (SSSR count). The highest BCUT2D eigenvalue weighted by molar-refractivity contribution is 5.94. The van der Waals surface area contributed by atoms with E-state index in [9.17, 15) is 9.59 Å². The summed E-state index contributed by atoms with van der Waals surface area (Å²) in [6, 6.07) is 10.9. The summed E-state index contributed by atoms with van der Waals surface area (Å²) in [5.41, 5.74) is 1.43. The lowest BCUT2D eigenvalue weighted by molar-refractivity contribution is -0.116. The van der Waals surface area contributed by atoms with Gasteiger partial charge in [-0.3, -0.25) is 14.5 Å². The van der Waals surface area contributed by atoms with Crippen molar-refractivity contribution in [3.63, 3.8) is 0 Å². The van der Waals surface area contributed by atoms with Crippen LogP contribution in [0.2, 0.25) is 0 Å². The van der Waals surface area contributed by atoms with Crippen molar-refractivity contribution < 1.29 is 18.7 Å². The van der Waals surface area contributed by atoms with Gasteiger partial charge in [-0.1, -0.05) is 12.1 Å². The number of hydrogen-bond acceptors (Lipinski definition) is 5. The summed E-state index contributed by atoms with van der Waals surface area (Å²) < 4.78 is 11.3. The number of carbonyl (C=O) groups excluding carboxylic acids is 2. The monoisotopic (exact) mass is 397 g/mol. The highest BCUT2D eigenvalue weighted by atomic mass is 16.5. The summed E-state index contributed by atoms with van der Waals surface area (Å²) in [4.78, 5) is 26.2. The normalized spacial score (nSPS) is 15.9. The zero-order valence-corrected chi connectivity index (χ0v) is 16.8. The van der Waals surface area contributed by atoms with Crippen molar-refractivity contribution in [3.05, 3.63) is 65.1 Å². The van der Waals surface area contributed by atoms with Crippen LogP contribution in [0.25, 0.3) is 6.08 Å². The maximum absolute atomic E-state index is 12.3. The van der Waals surface area contributed by atoms with Crippen LogP contribution >= 0.6 is 0 Å². The van der Waals surface area contributed by atoms with Crippen molar-refractivity contribution >= 4 is 17.9 Å². The summed E-state index contributed by atoms with van der Waals surface area (Å²) in [5.74, 6) is 1.38. The van der Waals surface area contributed by atoms with Gasteiger partial charge in [-0.05, 0) is 42.8 Å². The molecule has 7 nitrogen and oxygen atoms in total. The van der Waals surface area contributed by atoms with E-state index in [0.29, 0.717) is 25.3 Å². The molecule has 1 aromatic carbocycles. The Bertz CT molecular complexity index is 851. The van der Waals surface area contributed by atoms with Crippen molar-refractivity contribution in [2.24, 2.45) is 0 Å². The first-order valence-electron chi connectivity index (χ1n) is 9.73. The maximum atomic E-state index is 12.3. The van der Waals surface area contributed by atoms with Gasteiger partial charge >= 0.3 is 0 Å². The Balaban J connectivity index is 1.59. The topological polar surface area (TPSA) is 83.8 Å². The molecule has 0 spiro atoms. The number of hydrogen-bond donors (Lipinski definition) is 2. The number of morpholine rings is 1. The van der Waals surface area contributed by atoms with Crippen molar-refractivity contribution in [2.45, 2.75) is 13.0 Å². The van der Waals surface area contributed by atoms with Gasteiger partial charge in [0.15, 0.2) is 0 Å². The highest BCUT2D eigenvalue weighted by Crippen LogP contribution is 2.23. The third-order valence-electron chi connectivity index (χ3n) is 4.87. The van der Waals surface area contributed by atoms with Gasteiger partial charge < -0.3 is 19.8 Å². The van der Waals surface area contributed by atoms with E-state index in [2.05, 4.69) is 15.5 Å². The number of nitrogens with one attached hydrogen (secondary N) is 2. The summed E-state index contributed by atoms with van der Waals surface area (Å²) in [7, 11) is 1.59. The first-order chi connectivity index (χ1) is 14.1. The van der Waals surface area contributed by atoms with Gasteiger partial charge in [0.2, 0.25) is 5.91 Å². The van der Waals surface area contributed by atoms with E-state index in [1.54, 1.807) is 37.4 Å². The van der Waals surface area contributed by atoms with Crippen LogP contribution in [0, 0.1) is 6.92 Å². The SMILES string of the molecule is CNC(=O)c1ccc(/C=C/C(=O)NCC(c2ccc(C)o2)N2CCOCC2)cc1. The molecule has 1 aromatic heterocycles. The second-order valence-corrected chi connectivity index (χ2v) is 6.89. The van der Waals surface area contributed by atoms with Crippen molar-refractivity contribution in [2.75, 3.05) is 39.9 Å². The van der Waals surface area contributed by atoms with Crippen molar-refractivity contribution in [1.29, 1.82) is 0 Å². The maximum Gasteiger partial charge on any atom is 0.251 e. The minimum Gasteiger partial charge on any atom is -0.465 e. The molecule has 2 N–H and O–H groups in total. The fraction of sp³-hybridized carbons (Fsp3) is 0.364. The molecule has 1 unspecified atom stereocenters. The van der Waals surface area contributed by atoms with Gasteiger partial charge in [-0.2, -0.15) is 0 Å². The van der Waals surface area contributed by atoms with Gasteiger partial charge in [0, 0.05) is 38.3 Å². The van der Waals surface area contributed by atoms with Gasteiger partial charge in [-0.25, -0.2) is 0 Å². The molecule has 7 heteroatoms. The Morgan fingerprint density at radius 1 is 1.14 bits per heavy atom. The van der Waals surface area contributed by atoms with E-state index in [1.807, 2.05) is 19.1 Å². The van der Waals surface area contributed by atoms with Gasteiger partial charge in [0.05, 0.1) is 19.3 Å².